The van der Waals surface area contributed by atoms with Crippen LogP contribution in [0.3, 0.4) is 0 Å². The lowest BCUT2D eigenvalue weighted by atomic mass is 10.1. The number of carbonyl (C=O) groups is 1. The second kappa shape index (κ2) is 7.41. The number of aromatic nitrogens is 2. The molecule has 0 bridgehead atoms. The number of nitrogens with one attached hydrogen (secondary N) is 2. The number of aryl methyl sites for hydroxylation is 1. The summed E-state index contributed by atoms with van der Waals surface area (Å²) in [5.74, 6) is 0.694. The fourth-order valence-corrected chi connectivity index (χ4v) is 2.23. The number of benzene rings is 1. The first-order valence-corrected chi connectivity index (χ1v) is 7.69. The van der Waals surface area contributed by atoms with Crippen molar-refractivity contribution in [3.8, 4) is 0 Å². The zero-order valence-electron chi connectivity index (χ0n) is 13.3. The van der Waals surface area contributed by atoms with Crippen LogP contribution in [0.25, 0.3) is 0 Å². The molecule has 0 saturated heterocycles. The molecule has 6 nitrogen and oxygen atoms in total. The van der Waals surface area contributed by atoms with E-state index in [4.69, 9.17) is 4.52 Å². The first-order valence-electron chi connectivity index (χ1n) is 7.69. The van der Waals surface area contributed by atoms with Gasteiger partial charge < -0.3 is 15.2 Å². The van der Waals surface area contributed by atoms with Crippen molar-refractivity contribution in [1.29, 1.82) is 0 Å². The summed E-state index contributed by atoms with van der Waals surface area (Å²) in [7, 11) is 0. The van der Waals surface area contributed by atoms with Crippen LogP contribution in [0, 0.1) is 6.92 Å². The Morgan fingerprint density at radius 3 is 2.67 bits per heavy atom. The second-order valence-electron chi connectivity index (χ2n) is 5.37. The zero-order chi connectivity index (χ0) is 16.8. The molecule has 0 aliphatic rings. The van der Waals surface area contributed by atoms with Gasteiger partial charge in [-0.2, -0.15) is 0 Å². The SMILES string of the molecule is Cc1cc(NC(=O)c2ccc(NCCc3ccccc3)cn2)no1. The molecule has 0 atom stereocenters. The van der Waals surface area contributed by atoms with Gasteiger partial charge >= 0.3 is 0 Å². The Balaban J connectivity index is 1.52. The van der Waals surface area contributed by atoms with Gasteiger partial charge in [0.25, 0.3) is 5.91 Å². The van der Waals surface area contributed by atoms with Crippen LogP contribution in [0.5, 0.6) is 0 Å². The van der Waals surface area contributed by atoms with Crippen molar-refractivity contribution >= 4 is 17.4 Å². The molecule has 0 fully saturated rings. The number of rotatable bonds is 6. The Labute approximate surface area is 139 Å². The molecule has 3 rings (SSSR count). The standard InChI is InChI=1S/C18H18N4O2/c1-13-11-17(22-24-13)21-18(23)16-8-7-15(12-20-16)19-10-9-14-5-3-2-4-6-14/h2-8,11-12,19H,9-10H2,1H3,(H,21,22,23). The number of anilines is 2. The van der Waals surface area contributed by atoms with Crippen molar-refractivity contribution in [3.05, 3.63) is 71.7 Å². The molecule has 1 amide bonds. The molecule has 3 aromatic rings. The molecule has 2 N–H and O–H groups in total. The molecule has 0 unspecified atom stereocenters. The maximum atomic E-state index is 12.1. The van der Waals surface area contributed by atoms with Crippen molar-refractivity contribution < 1.29 is 9.32 Å². The third-order valence-electron chi connectivity index (χ3n) is 3.45. The van der Waals surface area contributed by atoms with E-state index in [1.54, 1.807) is 25.3 Å². The Hall–Kier alpha value is -3.15. The van der Waals surface area contributed by atoms with Gasteiger partial charge in [0, 0.05) is 12.6 Å². The minimum atomic E-state index is -0.320. The minimum Gasteiger partial charge on any atom is -0.383 e. The Morgan fingerprint density at radius 2 is 2.00 bits per heavy atom. The van der Waals surface area contributed by atoms with Crippen LogP contribution in [-0.2, 0) is 6.42 Å². The van der Waals surface area contributed by atoms with Crippen LogP contribution in [0.1, 0.15) is 21.8 Å². The molecule has 0 saturated carbocycles. The Morgan fingerprint density at radius 1 is 1.17 bits per heavy atom. The molecule has 2 heterocycles. The van der Waals surface area contributed by atoms with Crippen molar-refractivity contribution in [2.45, 2.75) is 13.3 Å². The minimum absolute atomic E-state index is 0.320. The summed E-state index contributed by atoms with van der Waals surface area (Å²) in [6, 6.07) is 15.4. The van der Waals surface area contributed by atoms with Gasteiger partial charge in [0.1, 0.15) is 11.5 Å². The van der Waals surface area contributed by atoms with E-state index in [0.29, 0.717) is 17.3 Å². The zero-order valence-corrected chi connectivity index (χ0v) is 13.3. The lowest BCUT2D eigenvalue weighted by Crippen LogP contribution is -2.14. The molecular weight excluding hydrogens is 304 g/mol. The van der Waals surface area contributed by atoms with Gasteiger partial charge in [-0.25, -0.2) is 4.98 Å². The van der Waals surface area contributed by atoms with Crippen LogP contribution < -0.4 is 10.6 Å². The molecule has 0 aliphatic heterocycles. The van der Waals surface area contributed by atoms with E-state index >= 15 is 0 Å². The van der Waals surface area contributed by atoms with Crippen LogP contribution >= 0.6 is 0 Å². The highest BCUT2D eigenvalue weighted by atomic mass is 16.5. The lowest BCUT2D eigenvalue weighted by Gasteiger charge is -2.07. The third-order valence-corrected chi connectivity index (χ3v) is 3.45. The molecule has 0 aliphatic carbocycles. The summed E-state index contributed by atoms with van der Waals surface area (Å²) in [5.41, 5.74) is 2.47. The van der Waals surface area contributed by atoms with Crippen LogP contribution in [0.15, 0.2) is 59.3 Å². The summed E-state index contributed by atoms with van der Waals surface area (Å²) in [4.78, 5) is 16.2. The van der Waals surface area contributed by atoms with E-state index < -0.39 is 0 Å². The monoisotopic (exact) mass is 322 g/mol. The summed E-state index contributed by atoms with van der Waals surface area (Å²) in [6.07, 6.45) is 2.57. The predicted octanol–water partition coefficient (Wildman–Crippen LogP) is 3.28. The summed E-state index contributed by atoms with van der Waals surface area (Å²) in [6.45, 7) is 2.56. The van der Waals surface area contributed by atoms with Gasteiger partial charge in [0.15, 0.2) is 5.82 Å². The van der Waals surface area contributed by atoms with Crippen molar-refractivity contribution in [3.63, 3.8) is 0 Å². The summed E-state index contributed by atoms with van der Waals surface area (Å²) >= 11 is 0. The molecule has 122 valence electrons. The van der Waals surface area contributed by atoms with E-state index in [0.717, 1.165) is 18.7 Å². The Kier molecular flexibility index (Phi) is 4.86. The first-order chi connectivity index (χ1) is 11.7. The van der Waals surface area contributed by atoms with Crippen molar-refractivity contribution in [2.75, 3.05) is 17.2 Å². The first kappa shape index (κ1) is 15.7. The molecule has 2 aromatic heterocycles. The van der Waals surface area contributed by atoms with Crippen LogP contribution in [0.4, 0.5) is 11.5 Å². The van der Waals surface area contributed by atoms with E-state index in [-0.39, 0.29) is 5.91 Å². The highest BCUT2D eigenvalue weighted by Crippen LogP contribution is 2.11. The van der Waals surface area contributed by atoms with Gasteiger partial charge in [0.2, 0.25) is 0 Å². The smallest absolute Gasteiger partial charge is 0.275 e. The molecular formula is C18H18N4O2. The van der Waals surface area contributed by atoms with Gasteiger partial charge in [0.05, 0.1) is 11.9 Å². The number of nitrogens with zero attached hydrogens (tertiary/aromatic N) is 2. The maximum absolute atomic E-state index is 12.1. The molecule has 0 spiro atoms. The highest BCUT2D eigenvalue weighted by molar-refractivity contribution is 6.02. The van der Waals surface area contributed by atoms with Crippen LogP contribution in [0.2, 0.25) is 0 Å². The average Bonchev–Trinajstić information content (AvgIpc) is 3.01. The molecule has 1 aromatic carbocycles. The lowest BCUT2D eigenvalue weighted by molar-refractivity contribution is 0.102. The number of amides is 1. The molecule has 6 heteroatoms. The fourth-order valence-electron chi connectivity index (χ4n) is 2.23. The number of carbonyl (C=O) groups excluding carboxylic acids is 1. The van der Waals surface area contributed by atoms with Gasteiger partial charge in [-0.05, 0) is 31.0 Å². The van der Waals surface area contributed by atoms with Gasteiger partial charge in [-0.3, -0.25) is 4.79 Å². The van der Waals surface area contributed by atoms with E-state index in [1.165, 1.54) is 5.56 Å². The quantitative estimate of drug-likeness (QED) is 0.728. The summed E-state index contributed by atoms with van der Waals surface area (Å²) < 4.78 is 4.91. The number of hydrogen-bond acceptors (Lipinski definition) is 5. The van der Waals surface area contributed by atoms with Gasteiger partial charge in [-0.1, -0.05) is 35.5 Å². The number of hydrogen-bond donors (Lipinski definition) is 2. The van der Waals surface area contributed by atoms with E-state index in [9.17, 15) is 4.79 Å². The fraction of sp³-hybridized carbons (Fsp3) is 0.167. The Bertz CT molecular complexity index is 797. The normalized spacial score (nSPS) is 10.4. The third kappa shape index (κ3) is 4.19. The summed E-state index contributed by atoms with van der Waals surface area (Å²) in [5, 5.41) is 9.65. The van der Waals surface area contributed by atoms with Gasteiger partial charge in [-0.15, -0.1) is 0 Å². The average molecular weight is 322 g/mol. The molecule has 0 radical (unpaired) electrons. The molecule has 24 heavy (non-hydrogen) atoms. The maximum Gasteiger partial charge on any atom is 0.275 e. The van der Waals surface area contributed by atoms with E-state index in [1.807, 2.05) is 24.3 Å². The van der Waals surface area contributed by atoms with Crippen molar-refractivity contribution in [1.82, 2.24) is 10.1 Å². The predicted molar refractivity (Wildman–Crippen MR) is 92.1 cm³/mol. The topological polar surface area (TPSA) is 80.0 Å². The van der Waals surface area contributed by atoms with E-state index in [2.05, 4.69) is 32.9 Å². The largest absolute Gasteiger partial charge is 0.383 e. The second-order valence-corrected chi connectivity index (χ2v) is 5.37. The van der Waals surface area contributed by atoms with Crippen LogP contribution in [-0.4, -0.2) is 22.6 Å². The highest BCUT2D eigenvalue weighted by Gasteiger charge is 2.10. The van der Waals surface area contributed by atoms with Crippen molar-refractivity contribution in [2.24, 2.45) is 0 Å². The number of pyridine rings is 1.